The normalized spacial score (nSPS) is 11.4. The van der Waals surface area contributed by atoms with E-state index in [-0.39, 0.29) is 29.0 Å². The Hall–Kier alpha value is -2.44. The molecule has 0 bridgehead atoms. The third-order valence-corrected chi connectivity index (χ3v) is 3.13. The van der Waals surface area contributed by atoms with E-state index in [1.54, 1.807) is 6.92 Å². The maximum Gasteiger partial charge on any atom is 0.433 e. The summed E-state index contributed by atoms with van der Waals surface area (Å²) in [6, 6.07) is 5.58. The SMILES string of the molecule is CCOC(=O)c1c(-c2ccc(F)cc2)cc(C(F)(F)F)nc1C. The molecule has 0 fully saturated rings. The third-order valence-electron chi connectivity index (χ3n) is 3.13. The lowest BCUT2D eigenvalue weighted by molar-refractivity contribution is -0.141. The number of pyridine rings is 1. The number of carbonyl (C=O) groups excluding carboxylic acids is 1. The maximum atomic E-state index is 13.0. The summed E-state index contributed by atoms with van der Waals surface area (Å²) >= 11 is 0. The number of nitrogens with zero attached hydrogens (tertiary/aromatic N) is 1. The van der Waals surface area contributed by atoms with Crippen LogP contribution in [0.2, 0.25) is 0 Å². The number of hydrogen-bond donors (Lipinski definition) is 0. The first-order valence-electron chi connectivity index (χ1n) is 6.76. The van der Waals surface area contributed by atoms with Crippen molar-refractivity contribution >= 4 is 5.97 Å². The van der Waals surface area contributed by atoms with Crippen molar-refractivity contribution in [3.63, 3.8) is 0 Å². The molecule has 0 spiro atoms. The van der Waals surface area contributed by atoms with Crippen LogP contribution in [0, 0.1) is 12.7 Å². The zero-order chi connectivity index (χ0) is 17.2. The van der Waals surface area contributed by atoms with Crippen LogP contribution in [0.4, 0.5) is 17.6 Å². The molecular weight excluding hydrogens is 314 g/mol. The van der Waals surface area contributed by atoms with Gasteiger partial charge in [-0.15, -0.1) is 0 Å². The van der Waals surface area contributed by atoms with E-state index in [1.807, 2.05) is 0 Å². The molecule has 0 saturated heterocycles. The monoisotopic (exact) mass is 327 g/mol. The largest absolute Gasteiger partial charge is 0.462 e. The second kappa shape index (κ2) is 6.36. The predicted molar refractivity (Wildman–Crippen MR) is 75.3 cm³/mol. The van der Waals surface area contributed by atoms with E-state index in [2.05, 4.69) is 4.98 Å². The molecule has 0 radical (unpaired) electrons. The number of aryl methyl sites for hydroxylation is 1. The number of benzene rings is 1. The Morgan fingerprint density at radius 1 is 1.22 bits per heavy atom. The van der Waals surface area contributed by atoms with Gasteiger partial charge < -0.3 is 4.74 Å². The third kappa shape index (κ3) is 3.67. The van der Waals surface area contributed by atoms with Gasteiger partial charge in [-0.1, -0.05) is 12.1 Å². The Bertz CT molecular complexity index is 724. The molecule has 0 amide bonds. The van der Waals surface area contributed by atoms with Gasteiger partial charge in [0.2, 0.25) is 0 Å². The van der Waals surface area contributed by atoms with Crippen molar-refractivity contribution in [2.75, 3.05) is 6.61 Å². The molecule has 0 aliphatic rings. The standard InChI is InChI=1S/C16H13F4NO2/c1-3-23-15(22)14-9(2)21-13(16(18,19)20)8-12(14)10-4-6-11(17)7-5-10/h4-8H,3H2,1-2H3. The van der Waals surface area contributed by atoms with Crippen LogP contribution in [-0.4, -0.2) is 17.6 Å². The van der Waals surface area contributed by atoms with Crippen LogP contribution in [0.5, 0.6) is 0 Å². The van der Waals surface area contributed by atoms with Crippen LogP contribution in [-0.2, 0) is 10.9 Å². The van der Waals surface area contributed by atoms with Crippen molar-refractivity contribution in [3.8, 4) is 11.1 Å². The topological polar surface area (TPSA) is 39.2 Å². The Kier molecular flexibility index (Phi) is 4.68. The number of aromatic nitrogens is 1. The molecule has 2 aromatic rings. The minimum atomic E-state index is -4.66. The van der Waals surface area contributed by atoms with E-state index in [0.717, 1.165) is 18.2 Å². The van der Waals surface area contributed by atoms with Crippen molar-refractivity contribution in [3.05, 3.63) is 53.1 Å². The lowest BCUT2D eigenvalue weighted by Crippen LogP contribution is -2.15. The van der Waals surface area contributed by atoms with Gasteiger partial charge in [0.05, 0.1) is 17.9 Å². The van der Waals surface area contributed by atoms with Gasteiger partial charge in [-0.3, -0.25) is 0 Å². The van der Waals surface area contributed by atoms with E-state index in [4.69, 9.17) is 4.74 Å². The van der Waals surface area contributed by atoms with Crippen molar-refractivity contribution in [2.24, 2.45) is 0 Å². The molecule has 0 N–H and O–H groups in total. The molecule has 23 heavy (non-hydrogen) atoms. The lowest BCUT2D eigenvalue weighted by Gasteiger charge is -2.15. The molecule has 0 saturated carbocycles. The zero-order valence-corrected chi connectivity index (χ0v) is 12.4. The Labute approximate surface area is 129 Å². The minimum Gasteiger partial charge on any atom is -0.462 e. The average Bonchev–Trinajstić information content (AvgIpc) is 2.46. The molecule has 0 atom stereocenters. The van der Waals surface area contributed by atoms with Crippen LogP contribution in [0.3, 0.4) is 0 Å². The summed E-state index contributed by atoms with van der Waals surface area (Å²) in [5.74, 6) is -1.31. The van der Waals surface area contributed by atoms with Gasteiger partial charge in [-0.2, -0.15) is 13.2 Å². The number of ether oxygens (including phenoxy) is 1. The summed E-state index contributed by atoms with van der Waals surface area (Å²) in [5.41, 5.74) is -1.01. The molecule has 1 heterocycles. The number of carbonyl (C=O) groups is 1. The number of rotatable bonds is 3. The number of esters is 1. The van der Waals surface area contributed by atoms with Crippen LogP contribution in [0.15, 0.2) is 30.3 Å². The molecule has 0 aliphatic heterocycles. The first kappa shape index (κ1) is 16.9. The molecule has 2 rings (SSSR count). The number of halogens is 4. The van der Waals surface area contributed by atoms with E-state index >= 15 is 0 Å². The quantitative estimate of drug-likeness (QED) is 0.620. The zero-order valence-electron chi connectivity index (χ0n) is 12.4. The van der Waals surface area contributed by atoms with Crippen LogP contribution >= 0.6 is 0 Å². The molecule has 3 nitrogen and oxygen atoms in total. The summed E-state index contributed by atoms with van der Waals surface area (Å²) in [5, 5.41) is 0. The second-order valence-electron chi connectivity index (χ2n) is 4.74. The fraction of sp³-hybridized carbons (Fsp3) is 0.250. The van der Waals surface area contributed by atoms with Crippen molar-refractivity contribution in [1.82, 2.24) is 4.98 Å². The highest BCUT2D eigenvalue weighted by molar-refractivity contribution is 5.98. The van der Waals surface area contributed by atoms with Gasteiger partial charge >= 0.3 is 12.1 Å². The average molecular weight is 327 g/mol. The lowest BCUT2D eigenvalue weighted by atomic mass is 9.98. The summed E-state index contributed by atoms with van der Waals surface area (Å²) in [4.78, 5) is 15.5. The van der Waals surface area contributed by atoms with Crippen molar-refractivity contribution in [1.29, 1.82) is 0 Å². The fourth-order valence-corrected chi connectivity index (χ4v) is 2.14. The predicted octanol–water partition coefficient (Wildman–Crippen LogP) is 4.39. The molecule has 7 heteroatoms. The van der Waals surface area contributed by atoms with Crippen molar-refractivity contribution < 1.29 is 27.1 Å². The summed E-state index contributed by atoms with van der Waals surface area (Å²) in [7, 11) is 0. The van der Waals surface area contributed by atoms with Gasteiger partial charge in [0.25, 0.3) is 0 Å². The first-order valence-corrected chi connectivity index (χ1v) is 6.76. The fourth-order valence-electron chi connectivity index (χ4n) is 2.14. The Balaban J connectivity index is 2.70. The van der Waals surface area contributed by atoms with Crippen LogP contribution < -0.4 is 0 Å². The van der Waals surface area contributed by atoms with E-state index in [9.17, 15) is 22.4 Å². The molecule has 0 aliphatic carbocycles. The van der Waals surface area contributed by atoms with Gasteiger partial charge in [0, 0.05) is 5.56 Å². The van der Waals surface area contributed by atoms with Gasteiger partial charge in [-0.05, 0) is 37.6 Å². The van der Waals surface area contributed by atoms with Crippen LogP contribution in [0.1, 0.15) is 28.7 Å². The summed E-state index contributed by atoms with van der Waals surface area (Å²) < 4.78 is 56.8. The Morgan fingerprint density at radius 2 is 1.83 bits per heavy atom. The maximum absolute atomic E-state index is 13.0. The second-order valence-corrected chi connectivity index (χ2v) is 4.74. The van der Waals surface area contributed by atoms with Gasteiger partial charge in [0.1, 0.15) is 11.5 Å². The highest BCUT2D eigenvalue weighted by atomic mass is 19.4. The molecule has 0 unspecified atom stereocenters. The van der Waals surface area contributed by atoms with Gasteiger partial charge in [0.15, 0.2) is 0 Å². The summed E-state index contributed by atoms with van der Waals surface area (Å²) in [6.45, 7) is 2.96. The minimum absolute atomic E-state index is 0.00303. The summed E-state index contributed by atoms with van der Waals surface area (Å²) in [6.07, 6.45) is -4.66. The Morgan fingerprint density at radius 3 is 2.35 bits per heavy atom. The van der Waals surface area contributed by atoms with Crippen molar-refractivity contribution in [2.45, 2.75) is 20.0 Å². The van der Waals surface area contributed by atoms with Crippen LogP contribution in [0.25, 0.3) is 11.1 Å². The first-order chi connectivity index (χ1) is 10.7. The van der Waals surface area contributed by atoms with Gasteiger partial charge in [-0.25, -0.2) is 14.2 Å². The van der Waals surface area contributed by atoms with E-state index in [1.165, 1.54) is 19.1 Å². The molecular formula is C16H13F4NO2. The number of alkyl halides is 3. The van der Waals surface area contributed by atoms with E-state index < -0.39 is 23.7 Å². The number of hydrogen-bond acceptors (Lipinski definition) is 3. The molecule has 122 valence electrons. The molecule has 1 aromatic carbocycles. The smallest absolute Gasteiger partial charge is 0.433 e. The highest BCUT2D eigenvalue weighted by Crippen LogP contribution is 2.34. The highest BCUT2D eigenvalue weighted by Gasteiger charge is 2.34. The molecule has 1 aromatic heterocycles. The van der Waals surface area contributed by atoms with E-state index in [0.29, 0.717) is 0 Å².